The highest BCUT2D eigenvalue weighted by molar-refractivity contribution is 5.84. The SMILES string of the molecule is Cc1ccc2nc(NN=Cc3cccc(C)n3)cc(C)c2c1. The lowest BCUT2D eigenvalue weighted by molar-refractivity contribution is 1.18. The lowest BCUT2D eigenvalue weighted by Crippen LogP contribution is -1.97. The zero-order valence-electron chi connectivity index (χ0n) is 13.0. The molecule has 0 saturated heterocycles. The molecule has 0 bridgehead atoms. The molecule has 0 radical (unpaired) electrons. The van der Waals surface area contributed by atoms with Crippen LogP contribution in [0.1, 0.15) is 22.5 Å². The van der Waals surface area contributed by atoms with Crippen LogP contribution in [-0.2, 0) is 0 Å². The summed E-state index contributed by atoms with van der Waals surface area (Å²) in [5, 5.41) is 5.39. The van der Waals surface area contributed by atoms with Crippen molar-refractivity contribution in [1.29, 1.82) is 0 Å². The van der Waals surface area contributed by atoms with Gasteiger partial charge in [-0.05, 0) is 56.7 Å². The van der Waals surface area contributed by atoms with E-state index < -0.39 is 0 Å². The first kappa shape index (κ1) is 14.2. The highest BCUT2D eigenvalue weighted by Gasteiger charge is 2.02. The van der Waals surface area contributed by atoms with Crippen LogP contribution in [0, 0.1) is 20.8 Å². The van der Waals surface area contributed by atoms with Crippen LogP contribution in [0.5, 0.6) is 0 Å². The Labute approximate surface area is 129 Å². The molecule has 2 heterocycles. The van der Waals surface area contributed by atoms with Gasteiger partial charge in [0.05, 0.1) is 17.4 Å². The number of fused-ring (bicyclic) bond motifs is 1. The zero-order chi connectivity index (χ0) is 15.5. The number of aryl methyl sites for hydroxylation is 3. The fraction of sp³-hybridized carbons (Fsp3) is 0.167. The van der Waals surface area contributed by atoms with E-state index in [2.05, 4.69) is 46.5 Å². The Morgan fingerprint density at radius 1 is 1.00 bits per heavy atom. The van der Waals surface area contributed by atoms with E-state index in [-0.39, 0.29) is 0 Å². The maximum absolute atomic E-state index is 4.58. The molecule has 3 rings (SSSR count). The molecule has 4 heteroatoms. The average molecular weight is 290 g/mol. The monoisotopic (exact) mass is 290 g/mol. The number of hydrogen-bond acceptors (Lipinski definition) is 4. The maximum Gasteiger partial charge on any atom is 0.147 e. The maximum atomic E-state index is 4.58. The molecule has 110 valence electrons. The van der Waals surface area contributed by atoms with E-state index in [1.165, 1.54) is 16.5 Å². The van der Waals surface area contributed by atoms with Gasteiger partial charge in [-0.15, -0.1) is 0 Å². The molecule has 0 aliphatic carbocycles. The third-order valence-corrected chi connectivity index (χ3v) is 3.46. The van der Waals surface area contributed by atoms with Gasteiger partial charge >= 0.3 is 0 Å². The van der Waals surface area contributed by atoms with Gasteiger partial charge in [0.2, 0.25) is 0 Å². The molecule has 1 aromatic carbocycles. The molecule has 4 nitrogen and oxygen atoms in total. The standard InChI is InChI=1S/C18H18N4/c1-12-7-8-17-16(9-12)13(2)10-18(21-17)22-19-11-15-6-4-5-14(3)20-15/h4-11H,1-3H3,(H,21,22). The van der Waals surface area contributed by atoms with Gasteiger partial charge in [-0.2, -0.15) is 5.10 Å². The summed E-state index contributed by atoms with van der Waals surface area (Å²) in [6.07, 6.45) is 1.70. The Balaban J connectivity index is 1.84. The molecule has 0 saturated carbocycles. The number of nitrogens with one attached hydrogen (secondary N) is 1. The molecule has 0 aliphatic heterocycles. The van der Waals surface area contributed by atoms with E-state index in [1.54, 1.807) is 6.21 Å². The van der Waals surface area contributed by atoms with Crippen LogP contribution in [-0.4, -0.2) is 16.2 Å². The van der Waals surface area contributed by atoms with Crippen molar-refractivity contribution < 1.29 is 0 Å². The molecule has 3 aromatic rings. The number of hydrazone groups is 1. The van der Waals surface area contributed by atoms with Crippen molar-refractivity contribution in [3.05, 3.63) is 65.0 Å². The summed E-state index contributed by atoms with van der Waals surface area (Å²) in [4.78, 5) is 8.95. The molecule has 0 spiro atoms. The molecule has 22 heavy (non-hydrogen) atoms. The molecule has 0 fully saturated rings. The quantitative estimate of drug-likeness (QED) is 0.586. The molecular weight excluding hydrogens is 272 g/mol. The summed E-state index contributed by atoms with van der Waals surface area (Å²) in [7, 11) is 0. The molecule has 1 N–H and O–H groups in total. The van der Waals surface area contributed by atoms with Crippen LogP contribution in [0.4, 0.5) is 5.82 Å². The van der Waals surface area contributed by atoms with Crippen molar-refractivity contribution in [2.24, 2.45) is 5.10 Å². The van der Waals surface area contributed by atoms with Gasteiger partial charge in [0, 0.05) is 11.1 Å². The molecular formula is C18H18N4. The number of nitrogens with zero attached hydrogens (tertiary/aromatic N) is 3. The van der Waals surface area contributed by atoms with Crippen molar-refractivity contribution >= 4 is 22.9 Å². The minimum absolute atomic E-state index is 0.734. The minimum atomic E-state index is 0.734. The summed E-state index contributed by atoms with van der Waals surface area (Å²) in [5.74, 6) is 0.734. The van der Waals surface area contributed by atoms with Crippen molar-refractivity contribution in [2.45, 2.75) is 20.8 Å². The second kappa shape index (κ2) is 5.93. The normalized spacial score (nSPS) is 11.2. The Morgan fingerprint density at radius 2 is 1.86 bits per heavy atom. The van der Waals surface area contributed by atoms with Gasteiger partial charge in [-0.1, -0.05) is 17.7 Å². The van der Waals surface area contributed by atoms with Gasteiger partial charge in [-0.25, -0.2) is 4.98 Å². The fourth-order valence-corrected chi connectivity index (χ4v) is 2.37. The van der Waals surface area contributed by atoms with Crippen LogP contribution in [0.3, 0.4) is 0 Å². The summed E-state index contributed by atoms with van der Waals surface area (Å²) in [6.45, 7) is 6.13. The van der Waals surface area contributed by atoms with E-state index in [1.807, 2.05) is 37.3 Å². The number of pyridine rings is 2. The van der Waals surface area contributed by atoms with Gasteiger partial charge in [-0.3, -0.25) is 10.4 Å². The topological polar surface area (TPSA) is 50.2 Å². The number of benzene rings is 1. The highest BCUT2D eigenvalue weighted by atomic mass is 15.3. The Hall–Kier alpha value is -2.75. The lowest BCUT2D eigenvalue weighted by atomic mass is 10.1. The second-order valence-electron chi connectivity index (χ2n) is 5.42. The molecule has 0 amide bonds. The summed E-state index contributed by atoms with van der Waals surface area (Å²) < 4.78 is 0. The van der Waals surface area contributed by atoms with Crippen LogP contribution in [0.2, 0.25) is 0 Å². The van der Waals surface area contributed by atoms with Gasteiger partial charge in [0.1, 0.15) is 5.82 Å². The number of aromatic nitrogens is 2. The third-order valence-electron chi connectivity index (χ3n) is 3.46. The van der Waals surface area contributed by atoms with E-state index in [9.17, 15) is 0 Å². The number of anilines is 1. The number of rotatable bonds is 3. The molecule has 0 unspecified atom stereocenters. The highest BCUT2D eigenvalue weighted by Crippen LogP contribution is 2.21. The van der Waals surface area contributed by atoms with Gasteiger partial charge in [0.25, 0.3) is 0 Å². The van der Waals surface area contributed by atoms with E-state index >= 15 is 0 Å². The van der Waals surface area contributed by atoms with Crippen LogP contribution in [0.15, 0.2) is 47.6 Å². The Kier molecular flexibility index (Phi) is 3.83. The molecule has 2 aromatic heterocycles. The van der Waals surface area contributed by atoms with Crippen molar-refractivity contribution in [2.75, 3.05) is 5.43 Å². The predicted molar refractivity (Wildman–Crippen MR) is 91.4 cm³/mol. The lowest BCUT2D eigenvalue weighted by Gasteiger charge is -2.06. The van der Waals surface area contributed by atoms with Gasteiger partial charge in [0.15, 0.2) is 0 Å². The zero-order valence-corrected chi connectivity index (χ0v) is 13.0. The smallest absolute Gasteiger partial charge is 0.147 e. The first-order valence-electron chi connectivity index (χ1n) is 7.22. The Morgan fingerprint density at radius 3 is 2.68 bits per heavy atom. The van der Waals surface area contributed by atoms with Crippen LogP contribution >= 0.6 is 0 Å². The van der Waals surface area contributed by atoms with Crippen LogP contribution < -0.4 is 5.43 Å². The van der Waals surface area contributed by atoms with E-state index in [4.69, 9.17) is 0 Å². The summed E-state index contributed by atoms with van der Waals surface area (Å²) in [6, 6.07) is 14.1. The summed E-state index contributed by atoms with van der Waals surface area (Å²) >= 11 is 0. The predicted octanol–water partition coefficient (Wildman–Crippen LogP) is 4.00. The number of hydrogen-bond donors (Lipinski definition) is 1. The summed E-state index contributed by atoms with van der Waals surface area (Å²) in [5.41, 5.74) is 8.16. The largest absolute Gasteiger partial charge is 0.261 e. The van der Waals surface area contributed by atoms with Crippen molar-refractivity contribution in [3.8, 4) is 0 Å². The van der Waals surface area contributed by atoms with Crippen LogP contribution in [0.25, 0.3) is 10.9 Å². The van der Waals surface area contributed by atoms with Gasteiger partial charge < -0.3 is 0 Å². The molecule has 0 atom stereocenters. The minimum Gasteiger partial charge on any atom is -0.261 e. The van der Waals surface area contributed by atoms with Crippen molar-refractivity contribution in [3.63, 3.8) is 0 Å². The van der Waals surface area contributed by atoms with E-state index in [0.717, 1.165) is 22.7 Å². The first-order valence-corrected chi connectivity index (χ1v) is 7.22. The van der Waals surface area contributed by atoms with E-state index in [0.29, 0.717) is 0 Å². The Bertz CT molecular complexity index is 853. The fourth-order valence-electron chi connectivity index (χ4n) is 2.37. The van der Waals surface area contributed by atoms with Crippen molar-refractivity contribution in [1.82, 2.24) is 9.97 Å². The third kappa shape index (κ3) is 3.11. The second-order valence-corrected chi connectivity index (χ2v) is 5.42. The average Bonchev–Trinajstić information content (AvgIpc) is 2.48. The first-order chi connectivity index (χ1) is 10.6. The molecule has 0 aliphatic rings.